The normalized spacial score (nSPS) is 10.6. The highest BCUT2D eigenvalue weighted by Gasteiger charge is 2.02. The van der Waals surface area contributed by atoms with E-state index >= 15 is 0 Å². The van der Waals surface area contributed by atoms with Crippen LogP contribution >= 0.6 is 0 Å². The number of nitrogens with zero attached hydrogens (tertiary/aromatic N) is 3. The van der Waals surface area contributed by atoms with Crippen LogP contribution in [-0.4, -0.2) is 35.2 Å². The summed E-state index contributed by atoms with van der Waals surface area (Å²) < 4.78 is 4.97. The van der Waals surface area contributed by atoms with Gasteiger partial charge in [-0.3, -0.25) is 4.98 Å². The van der Waals surface area contributed by atoms with Gasteiger partial charge in [0.1, 0.15) is 5.69 Å². The lowest BCUT2D eigenvalue weighted by Gasteiger charge is -2.04. The molecule has 0 aliphatic rings. The molecule has 100 valence electrons. The second-order valence-electron chi connectivity index (χ2n) is 4.30. The Bertz CT molecular complexity index is 513. The van der Waals surface area contributed by atoms with Gasteiger partial charge in [-0.1, -0.05) is 0 Å². The molecular weight excluding hydrogens is 240 g/mol. The predicted molar refractivity (Wildman–Crippen MR) is 73.6 cm³/mol. The molecule has 0 saturated heterocycles. The molecule has 2 rings (SSSR count). The number of aromatic nitrogens is 3. The molecule has 0 saturated carbocycles. The zero-order valence-electron chi connectivity index (χ0n) is 11.3. The van der Waals surface area contributed by atoms with E-state index in [1.165, 1.54) is 0 Å². The standard InChI is InChI=1S/C14H18N4O/c1-11-3-4-16-13(7-11)14-17-9-12(10-18-14)8-15-5-6-19-2/h3-4,7,9-10,15H,5-6,8H2,1-2H3. The van der Waals surface area contributed by atoms with Crippen LogP contribution in [0.5, 0.6) is 0 Å². The molecule has 1 N–H and O–H groups in total. The third-order valence-electron chi connectivity index (χ3n) is 2.66. The molecule has 2 aromatic heterocycles. The number of aryl methyl sites for hydroxylation is 1. The minimum absolute atomic E-state index is 0.657. The van der Waals surface area contributed by atoms with Crippen molar-refractivity contribution in [3.05, 3.63) is 41.9 Å². The van der Waals surface area contributed by atoms with Crippen LogP contribution in [0.2, 0.25) is 0 Å². The van der Waals surface area contributed by atoms with E-state index < -0.39 is 0 Å². The van der Waals surface area contributed by atoms with Gasteiger partial charge in [-0.2, -0.15) is 0 Å². The molecule has 0 aliphatic heterocycles. The highest BCUT2D eigenvalue weighted by atomic mass is 16.5. The summed E-state index contributed by atoms with van der Waals surface area (Å²) in [7, 11) is 1.69. The number of pyridine rings is 1. The average molecular weight is 258 g/mol. The molecule has 19 heavy (non-hydrogen) atoms. The van der Waals surface area contributed by atoms with Crippen molar-refractivity contribution in [1.82, 2.24) is 20.3 Å². The maximum Gasteiger partial charge on any atom is 0.178 e. The zero-order valence-corrected chi connectivity index (χ0v) is 11.3. The lowest BCUT2D eigenvalue weighted by molar-refractivity contribution is 0.199. The second-order valence-corrected chi connectivity index (χ2v) is 4.30. The molecule has 0 aliphatic carbocycles. The van der Waals surface area contributed by atoms with Gasteiger partial charge in [0.25, 0.3) is 0 Å². The Morgan fingerprint density at radius 2 is 2.00 bits per heavy atom. The summed E-state index contributed by atoms with van der Waals surface area (Å²) >= 11 is 0. The number of methoxy groups -OCH3 is 1. The first-order valence-electron chi connectivity index (χ1n) is 6.23. The maximum absolute atomic E-state index is 4.97. The van der Waals surface area contributed by atoms with Crippen molar-refractivity contribution in [2.75, 3.05) is 20.3 Å². The minimum atomic E-state index is 0.657. The van der Waals surface area contributed by atoms with Crippen LogP contribution in [0.25, 0.3) is 11.5 Å². The van der Waals surface area contributed by atoms with E-state index in [4.69, 9.17) is 4.74 Å². The molecule has 0 spiro atoms. The molecule has 0 unspecified atom stereocenters. The van der Waals surface area contributed by atoms with Crippen LogP contribution < -0.4 is 5.32 Å². The molecule has 0 aromatic carbocycles. The van der Waals surface area contributed by atoms with Crippen LogP contribution in [-0.2, 0) is 11.3 Å². The van der Waals surface area contributed by atoms with E-state index in [0.29, 0.717) is 12.4 Å². The van der Waals surface area contributed by atoms with Gasteiger partial charge >= 0.3 is 0 Å². The molecule has 5 heteroatoms. The molecule has 0 bridgehead atoms. The van der Waals surface area contributed by atoms with Gasteiger partial charge in [0.15, 0.2) is 5.82 Å². The van der Waals surface area contributed by atoms with Gasteiger partial charge in [0.2, 0.25) is 0 Å². The fourth-order valence-electron chi connectivity index (χ4n) is 1.64. The summed E-state index contributed by atoms with van der Waals surface area (Å²) in [6.45, 7) is 4.29. The summed E-state index contributed by atoms with van der Waals surface area (Å²) in [5.74, 6) is 0.657. The van der Waals surface area contributed by atoms with Crippen LogP contribution in [0, 0.1) is 6.92 Å². The quantitative estimate of drug-likeness (QED) is 0.797. The monoisotopic (exact) mass is 258 g/mol. The van der Waals surface area contributed by atoms with E-state index in [1.54, 1.807) is 13.3 Å². The fourth-order valence-corrected chi connectivity index (χ4v) is 1.64. The third kappa shape index (κ3) is 4.08. The molecule has 5 nitrogen and oxygen atoms in total. The Hall–Kier alpha value is -1.85. The van der Waals surface area contributed by atoms with Crippen LogP contribution in [0.15, 0.2) is 30.7 Å². The van der Waals surface area contributed by atoms with E-state index in [-0.39, 0.29) is 0 Å². The summed E-state index contributed by atoms with van der Waals surface area (Å²) in [5, 5.41) is 3.25. The molecule has 2 heterocycles. The van der Waals surface area contributed by atoms with Crippen LogP contribution in [0.3, 0.4) is 0 Å². The van der Waals surface area contributed by atoms with E-state index in [1.807, 2.05) is 31.5 Å². The number of rotatable bonds is 6. The zero-order chi connectivity index (χ0) is 13.5. The Morgan fingerprint density at radius 3 is 2.68 bits per heavy atom. The summed E-state index contributed by atoms with van der Waals surface area (Å²) in [4.78, 5) is 13.0. The van der Waals surface area contributed by atoms with Crippen LogP contribution in [0.1, 0.15) is 11.1 Å². The van der Waals surface area contributed by atoms with Gasteiger partial charge in [-0.15, -0.1) is 0 Å². The van der Waals surface area contributed by atoms with E-state index in [9.17, 15) is 0 Å². The second kappa shape index (κ2) is 6.92. The average Bonchev–Trinajstić information content (AvgIpc) is 2.44. The Labute approximate surface area is 113 Å². The first-order valence-corrected chi connectivity index (χ1v) is 6.23. The number of hydrogen-bond acceptors (Lipinski definition) is 5. The molecule has 0 atom stereocenters. The van der Waals surface area contributed by atoms with Gasteiger partial charge in [0.05, 0.1) is 6.61 Å². The van der Waals surface area contributed by atoms with Crippen molar-refractivity contribution in [2.24, 2.45) is 0 Å². The van der Waals surface area contributed by atoms with Gasteiger partial charge in [0, 0.05) is 44.4 Å². The van der Waals surface area contributed by atoms with E-state index in [2.05, 4.69) is 20.3 Å². The Morgan fingerprint density at radius 1 is 1.21 bits per heavy atom. The molecule has 2 aromatic rings. The largest absolute Gasteiger partial charge is 0.383 e. The molecular formula is C14H18N4O. The van der Waals surface area contributed by atoms with E-state index in [0.717, 1.165) is 29.9 Å². The van der Waals surface area contributed by atoms with Gasteiger partial charge in [-0.05, 0) is 24.6 Å². The highest BCUT2D eigenvalue weighted by molar-refractivity contribution is 5.49. The van der Waals surface area contributed by atoms with Crippen molar-refractivity contribution in [1.29, 1.82) is 0 Å². The van der Waals surface area contributed by atoms with Crippen molar-refractivity contribution < 1.29 is 4.74 Å². The van der Waals surface area contributed by atoms with Crippen molar-refractivity contribution >= 4 is 0 Å². The molecule has 0 radical (unpaired) electrons. The topological polar surface area (TPSA) is 59.9 Å². The Kier molecular flexibility index (Phi) is 4.94. The van der Waals surface area contributed by atoms with Crippen LogP contribution in [0.4, 0.5) is 0 Å². The Balaban J connectivity index is 1.98. The number of nitrogens with one attached hydrogen (secondary N) is 1. The van der Waals surface area contributed by atoms with Crippen molar-refractivity contribution in [2.45, 2.75) is 13.5 Å². The summed E-state index contributed by atoms with van der Waals surface area (Å²) in [6.07, 6.45) is 5.42. The predicted octanol–water partition coefficient (Wildman–Crippen LogP) is 1.58. The first kappa shape index (κ1) is 13.6. The van der Waals surface area contributed by atoms with Crippen molar-refractivity contribution in [3.63, 3.8) is 0 Å². The lowest BCUT2D eigenvalue weighted by atomic mass is 10.2. The smallest absolute Gasteiger partial charge is 0.178 e. The first-order chi connectivity index (χ1) is 9.29. The van der Waals surface area contributed by atoms with Crippen molar-refractivity contribution in [3.8, 4) is 11.5 Å². The summed E-state index contributed by atoms with van der Waals surface area (Å²) in [5.41, 5.74) is 3.00. The van der Waals surface area contributed by atoms with Gasteiger partial charge in [-0.25, -0.2) is 9.97 Å². The maximum atomic E-state index is 4.97. The molecule has 0 amide bonds. The fraction of sp³-hybridized carbons (Fsp3) is 0.357. The third-order valence-corrected chi connectivity index (χ3v) is 2.66. The number of ether oxygens (including phenoxy) is 1. The SMILES string of the molecule is COCCNCc1cnc(-c2cc(C)ccn2)nc1. The van der Waals surface area contributed by atoms with Gasteiger partial charge < -0.3 is 10.1 Å². The minimum Gasteiger partial charge on any atom is -0.383 e. The number of hydrogen-bond donors (Lipinski definition) is 1. The lowest BCUT2D eigenvalue weighted by Crippen LogP contribution is -2.18. The highest BCUT2D eigenvalue weighted by Crippen LogP contribution is 2.12. The molecule has 0 fully saturated rings. The summed E-state index contributed by atoms with van der Waals surface area (Å²) in [6, 6.07) is 3.93.